The summed E-state index contributed by atoms with van der Waals surface area (Å²) in [6.45, 7) is 5.53. The Morgan fingerprint density at radius 1 is 1.14 bits per heavy atom. The van der Waals surface area contributed by atoms with Gasteiger partial charge in [-0.15, -0.1) is 0 Å². The number of nitrogens with zero attached hydrogens (tertiary/aromatic N) is 3. The first kappa shape index (κ1) is 20.1. The van der Waals surface area contributed by atoms with Gasteiger partial charge in [0.2, 0.25) is 10.0 Å². The predicted molar refractivity (Wildman–Crippen MR) is 113 cm³/mol. The van der Waals surface area contributed by atoms with E-state index in [0.29, 0.717) is 30.6 Å². The maximum Gasteiger partial charge on any atom is 0.243 e. The molecule has 1 fully saturated rings. The van der Waals surface area contributed by atoms with Crippen molar-refractivity contribution in [3.05, 3.63) is 59.3 Å². The normalized spacial score (nSPS) is 16.7. The molecule has 0 atom stereocenters. The van der Waals surface area contributed by atoms with Crippen LogP contribution >= 0.6 is 0 Å². The summed E-state index contributed by atoms with van der Waals surface area (Å²) in [5, 5.41) is 5.26. The summed E-state index contributed by atoms with van der Waals surface area (Å²) >= 11 is 0. The monoisotopic (exact) mass is 413 g/mol. The molecule has 0 N–H and O–H groups in total. The van der Waals surface area contributed by atoms with Gasteiger partial charge in [0.05, 0.1) is 4.90 Å². The Balaban J connectivity index is 1.43. The van der Waals surface area contributed by atoms with E-state index >= 15 is 0 Å². The lowest BCUT2D eigenvalue weighted by Crippen LogP contribution is -2.45. The highest BCUT2D eigenvalue weighted by Gasteiger charge is 2.32. The van der Waals surface area contributed by atoms with Gasteiger partial charge in [-0.1, -0.05) is 29.4 Å². The van der Waals surface area contributed by atoms with Gasteiger partial charge in [0.15, 0.2) is 5.58 Å². The van der Waals surface area contributed by atoms with Crippen molar-refractivity contribution in [3.63, 3.8) is 0 Å². The van der Waals surface area contributed by atoms with Crippen molar-refractivity contribution in [2.24, 2.45) is 0 Å². The Hall–Kier alpha value is -2.22. The summed E-state index contributed by atoms with van der Waals surface area (Å²) in [6.07, 6.45) is 1.60. The molecule has 6 nitrogen and oxygen atoms in total. The largest absolute Gasteiger partial charge is 0.356 e. The fraction of sp³-hybridized carbons (Fsp3) is 0.409. The number of benzene rings is 2. The van der Waals surface area contributed by atoms with Crippen LogP contribution in [0.25, 0.3) is 11.0 Å². The zero-order chi connectivity index (χ0) is 20.6. The molecule has 1 saturated heterocycles. The molecule has 4 rings (SSSR count). The highest BCUT2D eigenvalue weighted by atomic mass is 32.2. The molecule has 2 aromatic carbocycles. The Bertz CT molecular complexity index is 1120. The fourth-order valence-electron chi connectivity index (χ4n) is 4.07. The Morgan fingerprint density at radius 3 is 2.62 bits per heavy atom. The molecule has 7 heteroatoms. The van der Waals surface area contributed by atoms with Gasteiger partial charge in [-0.05, 0) is 63.1 Å². The zero-order valence-electron chi connectivity index (χ0n) is 17.1. The first-order valence-corrected chi connectivity index (χ1v) is 11.4. The minimum absolute atomic E-state index is 0.315. The average Bonchev–Trinajstić information content (AvgIpc) is 3.12. The molecule has 0 radical (unpaired) electrons. The van der Waals surface area contributed by atoms with Crippen LogP contribution in [0.1, 0.15) is 29.7 Å². The summed E-state index contributed by atoms with van der Waals surface area (Å²) in [7, 11) is -1.38. The molecule has 1 aliphatic heterocycles. The number of aryl methyl sites for hydroxylation is 2. The summed E-state index contributed by atoms with van der Waals surface area (Å²) in [5.74, 6) is 0. The molecule has 1 aliphatic rings. The Kier molecular flexibility index (Phi) is 5.46. The molecular weight excluding hydrogens is 386 g/mol. The molecule has 0 bridgehead atoms. The number of sulfonamides is 1. The third-order valence-electron chi connectivity index (χ3n) is 5.86. The third kappa shape index (κ3) is 3.95. The SMILES string of the molecule is Cc1ccc(C)c(S(=O)(=O)N2CCC(N(C)Cc3noc4ccccc34)CC2)c1. The van der Waals surface area contributed by atoms with Crippen LogP contribution in [0.5, 0.6) is 0 Å². The van der Waals surface area contributed by atoms with Gasteiger partial charge in [-0.3, -0.25) is 4.90 Å². The van der Waals surface area contributed by atoms with E-state index in [0.717, 1.165) is 40.6 Å². The van der Waals surface area contributed by atoms with Gasteiger partial charge in [0, 0.05) is 31.1 Å². The lowest BCUT2D eigenvalue weighted by atomic mass is 10.0. The second-order valence-corrected chi connectivity index (χ2v) is 9.85. The van der Waals surface area contributed by atoms with Crippen LogP contribution in [0.2, 0.25) is 0 Å². The maximum absolute atomic E-state index is 13.1. The molecule has 0 unspecified atom stereocenters. The van der Waals surface area contributed by atoms with Crippen LogP contribution in [-0.2, 0) is 16.6 Å². The van der Waals surface area contributed by atoms with Gasteiger partial charge in [-0.2, -0.15) is 4.31 Å². The van der Waals surface area contributed by atoms with E-state index in [1.807, 2.05) is 50.2 Å². The van der Waals surface area contributed by atoms with E-state index in [-0.39, 0.29) is 0 Å². The number of para-hydroxylation sites is 1. The summed E-state index contributed by atoms with van der Waals surface area (Å²) in [4.78, 5) is 2.69. The molecule has 2 heterocycles. The topological polar surface area (TPSA) is 66.7 Å². The minimum atomic E-state index is -3.46. The molecule has 0 amide bonds. The second kappa shape index (κ2) is 7.89. The molecule has 0 spiro atoms. The van der Waals surface area contributed by atoms with Gasteiger partial charge >= 0.3 is 0 Å². The van der Waals surface area contributed by atoms with Crippen molar-refractivity contribution in [3.8, 4) is 0 Å². The number of piperidine rings is 1. The van der Waals surface area contributed by atoms with Crippen molar-refractivity contribution in [1.82, 2.24) is 14.4 Å². The highest BCUT2D eigenvalue weighted by Crippen LogP contribution is 2.27. The zero-order valence-corrected chi connectivity index (χ0v) is 17.9. The molecule has 1 aromatic heterocycles. The smallest absolute Gasteiger partial charge is 0.243 e. The van der Waals surface area contributed by atoms with Crippen LogP contribution in [0, 0.1) is 13.8 Å². The maximum atomic E-state index is 13.1. The second-order valence-electron chi connectivity index (χ2n) is 7.94. The number of rotatable bonds is 5. The van der Waals surface area contributed by atoms with Gasteiger partial charge < -0.3 is 4.52 Å². The Labute approximate surface area is 172 Å². The molecule has 3 aromatic rings. The van der Waals surface area contributed by atoms with Gasteiger partial charge in [-0.25, -0.2) is 8.42 Å². The van der Waals surface area contributed by atoms with E-state index in [2.05, 4.69) is 17.1 Å². The number of hydrogen-bond donors (Lipinski definition) is 0. The van der Waals surface area contributed by atoms with E-state index < -0.39 is 10.0 Å². The van der Waals surface area contributed by atoms with E-state index in [1.54, 1.807) is 10.4 Å². The lowest BCUT2D eigenvalue weighted by molar-refractivity contribution is 0.159. The predicted octanol–water partition coefficient (Wildman–Crippen LogP) is 3.73. The average molecular weight is 414 g/mol. The van der Waals surface area contributed by atoms with Crippen LogP contribution in [-0.4, -0.2) is 49.0 Å². The first-order valence-electron chi connectivity index (χ1n) is 9.97. The first-order chi connectivity index (χ1) is 13.9. The summed E-state index contributed by atoms with van der Waals surface area (Å²) in [5.41, 5.74) is 3.48. The number of fused-ring (bicyclic) bond motifs is 1. The van der Waals surface area contributed by atoms with Crippen LogP contribution < -0.4 is 0 Å². The van der Waals surface area contributed by atoms with Crippen molar-refractivity contribution < 1.29 is 12.9 Å². The quantitative estimate of drug-likeness (QED) is 0.638. The van der Waals surface area contributed by atoms with Gasteiger partial charge in [0.25, 0.3) is 0 Å². The fourth-order valence-corrected chi connectivity index (χ4v) is 5.84. The lowest BCUT2D eigenvalue weighted by Gasteiger charge is -2.36. The minimum Gasteiger partial charge on any atom is -0.356 e. The Morgan fingerprint density at radius 2 is 1.86 bits per heavy atom. The van der Waals surface area contributed by atoms with Crippen molar-refractivity contribution in [2.75, 3.05) is 20.1 Å². The van der Waals surface area contributed by atoms with E-state index in [4.69, 9.17) is 4.52 Å². The van der Waals surface area contributed by atoms with E-state index in [9.17, 15) is 8.42 Å². The number of aromatic nitrogens is 1. The molecular formula is C22H27N3O3S. The van der Waals surface area contributed by atoms with E-state index in [1.165, 1.54) is 0 Å². The highest BCUT2D eigenvalue weighted by molar-refractivity contribution is 7.89. The van der Waals surface area contributed by atoms with Crippen molar-refractivity contribution in [1.29, 1.82) is 0 Å². The standard InChI is InChI=1S/C22H27N3O3S/c1-16-8-9-17(2)22(14-16)29(26,27)25-12-10-18(11-13-25)24(3)15-20-19-6-4-5-7-21(19)28-23-20/h4-9,14,18H,10-13,15H2,1-3H3. The third-order valence-corrected chi connectivity index (χ3v) is 7.90. The molecule has 0 aliphatic carbocycles. The molecule has 0 saturated carbocycles. The summed E-state index contributed by atoms with van der Waals surface area (Å²) < 4.78 is 33.3. The van der Waals surface area contributed by atoms with Crippen LogP contribution in [0.4, 0.5) is 0 Å². The van der Waals surface area contributed by atoms with Crippen LogP contribution in [0.3, 0.4) is 0 Å². The van der Waals surface area contributed by atoms with Gasteiger partial charge in [0.1, 0.15) is 5.69 Å². The number of hydrogen-bond acceptors (Lipinski definition) is 5. The molecule has 154 valence electrons. The van der Waals surface area contributed by atoms with Crippen LogP contribution in [0.15, 0.2) is 51.9 Å². The van der Waals surface area contributed by atoms with Crippen molar-refractivity contribution in [2.45, 2.75) is 44.2 Å². The summed E-state index contributed by atoms with van der Waals surface area (Å²) in [6, 6.07) is 13.8. The molecule has 29 heavy (non-hydrogen) atoms. The van der Waals surface area contributed by atoms with Crippen molar-refractivity contribution >= 4 is 21.0 Å².